The van der Waals surface area contributed by atoms with Crippen LogP contribution in [0.15, 0.2) is 36.8 Å². The van der Waals surface area contributed by atoms with Crippen LogP contribution in [-0.2, 0) is 13.1 Å². The molecule has 0 aliphatic heterocycles. The first-order chi connectivity index (χ1) is 14.0. The summed E-state index contributed by atoms with van der Waals surface area (Å²) in [6, 6.07) is 5.84. The van der Waals surface area contributed by atoms with Gasteiger partial charge in [-0.3, -0.25) is 14.2 Å². The van der Waals surface area contributed by atoms with Crippen molar-refractivity contribution in [3.8, 4) is 11.5 Å². The number of carbonyl (C=O) groups is 1. The van der Waals surface area contributed by atoms with E-state index in [1.165, 1.54) is 0 Å². The lowest BCUT2D eigenvalue weighted by atomic mass is 10.2. The Morgan fingerprint density at radius 1 is 1.07 bits per heavy atom. The van der Waals surface area contributed by atoms with Crippen molar-refractivity contribution >= 4 is 11.6 Å². The molecule has 0 atom stereocenters. The minimum absolute atomic E-state index is 0.193. The van der Waals surface area contributed by atoms with Crippen molar-refractivity contribution in [2.24, 2.45) is 0 Å². The summed E-state index contributed by atoms with van der Waals surface area (Å²) >= 11 is 0. The fourth-order valence-electron chi connectivity index (χ4n) is 3.08. The Bertz CT molecular complexity index is 977. The monoisotopic (exact) mass is 397 g/mol. The molecule has 0 aliphatic carbocycles. The van der Waals surface area contributed by atoms with E-state index in [4.69, 9.17) is 9.47 Å². The number of amides is 1. The van der Waals surface area contributed by atoms with E-state index in [2.05, 4.69) is 15.5 Å². The lowest BCUT2D eigenvalue weighted by molar-refractivity contribution is 0.102. The van der Waals surface area contributed by atoms with E-state index in [1.807, 2.05) is 45.9 Å². The SMILES string of the molecule is CCOc1ccc(Cn2cc(NC(=O)c3cnn(CC)c3C)cn2)cc1OCC. The second-order valence-corrected chi connectivity index (χ2v) is 6.49. The molecule has 3 rings (SSSR count). The molecule has 1 amide bonds. The summed E-state index contributed by atoms with van der Waals surface area (Å²) in [5.74, 6) is 1.26. The highest BCUT2D eigenvalue weighted by Gasteiger charge is 2.14. The summed E-state index contributed by atoms with van der Waals surface area (Å²) in [4.78, 5) is 12.5. The molecule has 1 aromatic carbocycles. The van der Waals surface area contributed by atoms with Crippen molar-refractivity contribution in [1.82, 2.24) is 19.6 Å². The molecule has 0 spiro atoms. The third-order valence-corrected chi connectivity index (χ3v) is 4.49. The molecule has 0 unspecified atom stereocenters. The normalized spacial score (nSPS) is 10.8. The summed E-state index contributed by atoms with van der Waals surface area (Å²) in [5.41, 5.74) is 3.07. The molecule has 8 nitrogen and oxygen atoms in total. The maximum absolute atomic E-state index is 12.5. The standard InChI is InChI=1S/C21H27N5O3/c1-5-26-15(4)18(12-23-26)21(27)24-17-11-22-25(14-17)13-16-8-9-19(28-6-2)20(10-16)29-7-3/h8-12,14H,5-7,13H2,1-4H3,(H,24,27). The molecule has 0 saturated heterocycles. The number of anilines is 1. The largest absolute Gasteiger partial charge is 0.490 e. The Balaban J connectivity index is 1.69. The molecule has 2 heterocycles. The Labute approximate surface area is 170 Å². The highest BCUT2D eigenvalue weighted by Crippen LogP contribution is 2.29. The maximum atomic E-state index is 12.5. The third-order valence-electron chi connectivity index (χ3n) is 4.49. The molecule has 0 aliphatic rings. The molecule has 2 aromatic heterocycles. The van der Waals surface area contributed by atoms with E-state index in [1.54, 1.807) is 28.0 Å². The van der Waals surface area contributed by atoms with Gasteiger partial charge in [0.15, 0.2) is 11.5 Å². The van der Waals surface area contributed by atoms with E-state index in [0.29, 0.717) is 31.0 Å². The van der Waals surface area contributed by atoms with Crippen LogP contribution in [0.25, 0.3) is 0 Å². The minimum atomic E-state index is -0.193. The first-order valence-corrected chi connectivity index (χ1v) is 9.80. The predicted octanol–water partition coefficient (Wildman–Crippen LogP) is 3.51. The molecule has 3 aromatic rings. The van der Waals surface area contributed by atoms with Crippen LogP contribution in [0.4, 0.5) is 5.69 Å². The van der Waals surface area contributed by atoms with Gasteiger partial charge < -0.3 is 14.8 Å². The molecule has 0 fully saturated rings. The lowest BCUT2D eigenvalue weighted by Crippen LogP contribution is -2.13. The number of hydrogen-bond acceptors (Lipinski definition) is 5. The molecule has 0 radical (unpaired) electrons. The number of hydrogen-bond donors (Lipinski definition) is 1. The molecule has 1 N–H and O–H groups in total. The van der Waals surface area contributed by atoms with Gasteiger partial charge in [0.05, 0.1) is 43.4 Å². The number of aromatic nitrogens is 4. The Morgan fingerprint density at radius 3 is 2.52 bits per heavy atom. The van der Waals surface area contributed by atoms with Gasteiger partial charge in [0.2, 0.25) is 0 Å². The zero-order valence-electron chi connectivity index (χ0n) is 17.3. The first kappa shape index (κ1) is 20.4. The topological polar surface area (TPSA) is 83.2 Å². The van der Waals surface area contributed by atoms with Crippen LogP contribution in [-0.4, -0.2) is 38.7 Å². The second-order valence-electron chi connectivity index (χ2n) is 6.49. The number of nitrogens with one attached hydrogen (secondary N) is 1. The van der Waals surface area contributed by atoms with Crippen LogP contribution < -0.4 is 14.8 Å². The first-order valence-electron chi connectivity index (χ1n) is 9.80. The van der Waals surface area contributed by atoms with E-state index in [9.17, 15) is 4.79 Å². The average molecular weight is 397 g/mol. The highest BCUT2D eigenvalue weighted by molar-refractivity contribution is 6.04. The third kappa shape index (κ3) is 4.77. The highest BCUT2D eigenvalue weighted by atomic mass is 16.5. The summed E-state index contributed by atoms with van der Waals surface area (Å²) in [7, 11) is 0. The summed E-state index contributed by atoms with van der Waals surface area (Å²) < 4.78 is 14.8. The summed E-state index contributed by atoms with van der Waals surface area (Å²) in [6.07, 6.45) is 5.03. The van der Waals surface area contributed by atoms with Crippen LogP contribution >= 0.6 is 0 Å². The van der Waals surface area contributed by atoms with Gasteiger partial charge >= 0.3 is 0 Å². The molecule has 0 bridgehead atoms. The quantitative estimate of drug-likeness (QED) is 0.597. The van der Waals surface area contributed by atoms with Gasteiger partial charge in [-0.15, -0.1) is 0 Å². The Morgan fingerprint density at radius 2 is 1.83 bits per heavy atom. The second kappa shape index (κ2) is 9.27. The zero-order chi connectivity index (χ0) is 20.8. The van der Waals surface area contributed by atoms with Crippen molar-refractivity contribution in [2.75, 3.05) is 18.5 Å². The lowest BCUT2D eigenvalue weighted by Gasteiger charge is -2.12. The number of ether oxygens (including phenoxy) is 2. The molecule has 154 valence electrons. The van der Waals surface area contributed by atoms with Gasteiger partial charge in [-0.25, -0.2) is 0 Å². The van der Waals surface area contributed by atoms with Crippen molar-refractivity contribution in [3.05, 3.63) is 53.6 Å². The fraction of sp³-hybridized carbons (Fsp3) is 0.381. The van der Waals surface area contributed by atoms with Crippen LogP contribution in [0, 0.1) is 6.92 Å². The minimum Gasteiger partial charge on any atom is -0.490 e. The van der Waals surface area contributed by atoms with Crippen LogP contribution in [0.2, 0.25) is 0 Å². The number of rotatable bonds is 9. The van der Waals surface area contributed by atoms with Gasteiger partial charge in [-0.05, 0) is 45.4 Å². The summed E-state index contributed by atoms with van der Waals surface area (Å²) in [6.45, 7) is 10.2. The van der Waals surface area contributed by atoms with Crippen molar-refractivity contribution in [3.63, 3.8) is 0 Å². The smallest absolute Gasteiger partial charge is 0.259 e. The van der Waals surface area contributed by atoms with Gasteiger partial charge in [-0.1, -0.05) is 6.07 Å². The predicted molar refractivity (Wildman–Crippen MR) is 111 cm³/mol. The molecule has 8 heteroatoms. The van der Waals surface area contributed by atoms with Gasteiger partial charge in [-0.2, -0.15) is 10.2 Å². The molecular weight excluding hydrogens is 370 g/mol. The molecule has 29 heavy (non-hydrogen) atoms. The van der Waals surface area contributed by atoms with Crippen molar-refractivity contribution in [2.45, 2.75) is 40.8 Å². The van der Waals surface area contributed by atoms with Gasteiger partial charge in [0.1, 0.15) is 0 Å². The Kier molecular flexibility index (Phi) is 6.54. The van der Waals surface area contributed by atoms with Crippen molar-refractivity contribution < 1.29 is 14.3 Å². The number of nitrogens with zero attached hydrogens (tertiary/aromatic N) is 4. The van der Waals surface area contributed by atoms with Crippen LogP contribution in [0.1, 0.15) is 42.4 Å². The fourth-order valence-corrected chi connectivity index (χ4v) is 3.08. The number of aryl methyl sites for hydroxylation is 1. The number of benzene rings is 1. The van der Waals surface area contributed by atoms with Crippen LogP contribution in [0.3, 0.4) is 0 Å². The van der Waals surface area contributed by atoms with E-state index >= 15 is 0 Å². The zero-order valence-corrected chi connectivity index (χ0v) is 17.3. The summed E-state index contributed by atoms with van der Waals surface area (Å²) in [5, 5.41) is 11.4. The van der Waals surface area contributed by atoms with E-state index in [-0.39, 0.29) is 5.91 Å². The van der Waals surface area contributed by atoms with Crippen LogP contribution in [0.5, 0.6) is 11.5 Å². The Hall–Kier alpha value is -3.29. The average Bonchev–Trinajstić information content (AvgIpc) is 3.30. The maximum Gasteiger partial charge on any atom is 0.259 e. The van der Waals surface area contributed by atoms with Gasteiger partial charge in [0, 0.05) is 18.4 Å². The van der Waals surface area contributed by atoms with Gasteiger partial charge in [0.25, 0.3) is 5.91 Å². The number of carbonyl (C=O) groups excluding carboxylic acids is 1. The molecular formula is C21H27N5O3. The van der Waals surface area contributed by atoms with E-state index in [0.717, 1.165) is 29.3 Å². The van der Waals surface area contributed by atoms with E-state index < -0.39 is 0 Å². The van der Waals surface area contributed by atoms with Crippen molar-refractivity contribution in [1.29, 1.82) is 0 Å². The molecule has 0 saturated carbocycles.